The quantitative estimate of drug-likeness (QED) is 0.659. The summed E-state index contributed by atoms with van der Waals surface area (Å²) in [5, 5.41) is 15.9. The van der Waals surface area contributed by atoms with Crippen LogP contribution in [0, 0.1) is 11.8 Å². The summed E-state index contributed by atoms with van der Waals surface area (Å²) in [7, 11) is 0. The van der Waals surface area contributed by atoms with E-state index in [0.29, 0.717) is 30.2 Å². The van der Waals surface area contributed by atoms with Gasteiger partial charge in [0.05, 0.1) is 5.60 Å². The fraction of sp³-hybridized carbons (Fsp3) is 0.923. The lowest BCUT2D eigenvalue weighted by Crippen LogP contribution is -2.49. The fourth-order valence-electron chi connectivity index (χ4n) is 2.37. The minimum atomic E-state index is -0.828. The van der Waals surface area contributed by atoms with E-state index in [2.05, 4.69) is 10.6 Å². The number of urea groups is 1. The molecule has 2 rings (SSSR count). The highest BCUT2D eigenvalue weighted by atomic mass is 32.2. The van der Waals surface area contributed by atoms with Crippen LogP contribution in [-0.2, 0) is 0 Å². The van der Waals surface area contributed by atoms with Gasteiger partial charge >= 0.3 is 6.03 Å². The molecule has 2 aliphatic carbocycles. The van der Waals surface area contributed by atoms with Gasteiger partial charge in [-0.15, -0.1) is 0 Å². The molecule has 1 atom stereocenters. The maximum absolute atomic E-state index is 11.8. The Morgan fingerprint density at radius 1 is 1.39 bits per heavy atom. The van der Waals surface area contributed by atoms with Gasteiger partial charge in [-0.1, -0.05) is 0 Å². The van der Waals surface area contributed by atoms with E-state index < -0.39 is 5.60 Å². The number of nitrogens with one attached hydrogen (secondary N) is 2. The zero-order valence-corrected chi connectivity index (χ0v) is 12.1. The first-order valence-corrected chi connectivity index (χ1v) is 8.17. The molecule has 0 radical (unpaired) electrons. The van der Waals surface area contributed by atoms with Crippen LogP contribution in [0.15, 0.2) is 0 Å². The standard InChI is InChI=1S/C13H24N2O2S/c1-13(17,8-18-2)7-14-12(16)15-11(9-3-4-9)10-5-6-10/h9-11,17H,3-8H2,1-2H3,(H2,14,15,16). The summed E-state index contributed by atoms with van der Waals surface area (Å²) in [6, 6.07) is 0.246. The van der Waals surface area contributed by atoms with Gasteiger partial charge in [0.2, 0.25) is 0 Å². The summed E-state index contributed by atoms with van der Waals surface area (Å²) in [6.45, 7) is 2.06. The SMILES string of the molecule is CSCC(C)(O)CNC(=O)NC(C1CC1)C1CC1. The lowest BCUT2D eigenvalue weighted by atomic mass is 10.1. The molecule has 5 heteroatoms. The van der Waals surface area contributed by atoms with Crippen LogP contribution in [-0.4, -0.2) is 41.3 Å². The molecule has 2 amide bonds. The van der Waals surface area contributed by atoms with Crippen LogP contribution in [0.2, 0.25) is 0 Å². The number of thioether (sulfide) groups is 1. The second kappa shape index (κ2) is 5.70. The number of hydrogen-bond donors (Lipinski definition) is 3. The molecule has 0 spiro atoms. The summed E-state index contributed by atoms with van der Waals surface area (Å²) < 4.78 is 0. The molecule has 0 saturated heterocycles. The number of carbonyl (C=O) groups is 1. The highest BCUT2D eigenvalue weighted by Gasteiger charge is 2.42. The van der Waals surface area contributed by atoms with Crippen molar-refractivity contribution in [2.75, 3.05) is 18.6 Å². The Hall–Kier alpha value is -0.420. The molecule has 0 heterocycles. The minimum absolute atomic E-state index is 0.125. The molecule has 4 nitrogen and oxygen atoms in total. The monoisotopic (exact) mass is 272 g/mol. The normalized spacial score (nSPS) is 22.7. The molecule has 0 aliphatic heterocycles. The Bertz CT molecular complexity index is 289. The molecular weight excluding hydrogens is 248 g/mol. The Labute approximate surface area is 113 Å². The van der Waals surface area contributed by atoms with Crippen LogP contribution in [0.1, 0.15) is 32.6 Å². The summed E-state index contributed by atoms with van der Waals surface area (Å²) in [5.41, 5.74) is -0.828. The highest BCUT2D eigenvalue weighted by Crippen LogP contribution is 2.44. The van der Waals surface area contributed by atoms with Gasteiger partial charge in [-0.05, 0) is 50.7 Å². The maximum Gasteiger partial charge on any atom is 0.315 e. The molecule has 0 bridgehead atoms. The molecule has 0 aromatic carbocycles. The van der Waals surface area contributed by atoms with E-state index in [1.54, 1.807) is 18.7 Å². The van der Waals surface area contributed by atoms with E-state index in [4.69, 9.17) is 0 Å². The number of hydrogen-bond acceptors (Lipinski definition) is 3. The van der Waals surface area contributed by atoms with E-state index in [1.165, 1.54) is 25.7 Å². The zero-order chi connectivity index (χ0) is 13.2. The maximum atomic E-state index is 11.8. The third-order valence-corrected chi connectivity index (χ3v) is 4.55. The van der Waals surface area contributed by atoms with Gasteiger partial charge in [-0.25, -0.2) is 4.79 Å². The van der Waals surface area contributed by atoms with Crippen LogP contribution in [0.4, 0.5) is 4.79 Å². The molecule has 1 unspecified atom stereocenters. The van der Waals surface area contributed by atoms with Gasteiger partial charge in [0.25, 0.3) is 0 Å². The summed E-state index contributed by atoms with van der Waals surface area (Å²) in [6.07, 6.45) is 6.97. The molecular formula is C13H24N2O2S. The van der Waals surface area contributed by atoms with Crippen LogP contribution in [0.25, 0.3) is 0 Å². The number of rotatable bonds is 7. The van der Waals surface area contributed by atoms with Gasteiger partial charge < -0.3 is 15.7 Å². The third-order valence-electron chi connectivity index (χ3n) is 3.64. The smallest absolute Gasteiger partial charge is 0.315 e. The van der Waals surface area contributed by atoms with Crippen molar-refractivity contribution in [2.24, 2.45) is 11.8 Å². The van der Waals surface area contributed by atoms with Gasteiger partial charge in [-0.3, -0.25) is 0 Å². The fourth-order valence-corrected chi connectivity index (χ4v) is 3.09. The second-order valence-electron chi connectivity index (χ2n) is 5.96. The van der Waals surface area contributed by atoms with Crippen molar-refractivity contribution >= 4 is 17.8 Å². The summed E-state index contributed by atoms with van der Waals surface area (Å²) >= 11 is 1.58. The van der Waals surface area contributed by atoms with Crippen LogP contribution >= 0.6 is 11.8 Å². The number of amides is 2. The largest absolute Gasteiger partial charge is 0.387 e. The Kier molecular flexibility index (Phi) is 4.43. The Balaban J connectivity index is 1.70. The Morgan fingerprint density at radius 3 is 2.39 bits per heavy atom. The first kappa shape index (κ1) is 14.0. The average Bonchev–Trinajstić information content (AvgIpc) is 3.16. The van der Waals surface area contributed by atoms with E-state index >= 15 is 0 Å². The molecule has 104 valence electrons. The van der Waals surface area contributed by atoms with Gasteiger partial charge in [-0.2, -0.15) is 11.8 Å². The van der Waals surface area contributed by atoms with Crippen molar-refractivity contribution in [1.82, 2.24) is 10.6 Å². The minimum Gasteiger partial charge on any atom is -0.387 e. The van der Waals surface area contributed by atoms with Crippen LogP contribution < -0.4 is 10.6 Å². The average molecular weight is 272 g/mol. The highest BCUT2D eigenvalue weighted by molar-refractivity contribution is 7.98. The molecule has 2 aliphatic rings. The zero-order valence-electron chi connectivity index (χ0n) is 11.2. The topological polar surface area (TPSA) is 61.4 Å². The van der Waals surface area contributed by atoms with E-state index in [9.17, 15) is 9.90 Å². The van der Waals surface area contributed by atoms with Crippen LogP contribution in [0.5, 0.6) is 0 Å². The summed E-state index contributed by atoms with van der Waals surface area (Å²) in [4.78, 5) is 11.8. The van der Waals surface area contributed by atoms with Gasteiger partial charge in [0, 0.05) is 18.3 Å². The molecule has 18 heavy (non-hydrogen) atoms. The molecule has 0 aromatic heterocycles. The van der Waals surface area contributed by atoms with Crippen molar-refractivity contribution in [2.45, 2.75) is 44.2 Å². The first-order chi connectivity index (χ1) is 8.52. The number of aliphatic hydroxyl groups is 1. The predicted octanol–water partition coefficient (Wildman–Crippen LogP) is 1.59. The van der Waals surface area contributed by atoms with Crippen molar-refractivity contribution in [3.05, 3.63) is 0 Å². The lowest BCUT2D eigenvalue weighted by molar-refractivity contribution is 0.0867. The van der Waals surface area contributed by atoms with Gasteiger partial charge in [0.15, 0.2) is 0 Å². The van der Waals surface area contributed by atoms with Crippen molar-refractivity contribution in [3.8, 4) is 0 Å². The lowest BCUT2D eigenvalue weighted by Gasteiger charge is -2.24. The molecule has 2 saturated carbocycles. The van der Waals surface area contributed by atoms with E-state index in [0.717, 1.165) is 0 Å². The molecule has 2 fully saturated rings. The first-order valence-electron chi connectivity index (χ1n) is 6.77. The Morgan fingerprint density at radius 2 is 1.94 bits per heavy atom. The third kappa shape index (κ3) is 4.35. The summed E-state index contributed by atoms with van der Waals surface area (Å²) in [5.74, 6) is 2.03. The van der Waals surface area contributed by atoms with Crippen molar-refractivity contribution < 1.29 is 9.90 Å². The van der Waals surface area contributed by atoms with Gasteiger partial charge in [0.1, 0.15) is 0 Å². The molecule has 0 aromatic rings. The predicted molar refractivity (Wildman–Crippen MR) is 74.8 cm³/mol. The van der Waals surface area contributed by atoms with Crippen molar-refractivity contribution in [1.29, 1.82) is 0 Å². The van der Waals surface area contributed by atoms with E-state index in [-0.39, 0.29) is 6.03 Å². The number of carbonyl (C=O) groups excluding carboxylic acids is 1. The van der Waals surface area contributed by atoms with Crippen LogP contribution in [0.3, 0.4) is 0 Å². The van der Waals surface area contributed by atoms with Crippen molar-refractivity contribution in [3.63, 3.8) is 0 Å². The van der Waals surface area contributed by atoms with E-state index in [1.807, 2.05) is 6.26 Å². The molecule has 3 N–H and O–H groups in total. The second-order valence-corrected chi connectivity index (χ2v) is 6.82.